The number of allylic oxidation sites excluding steroid dienone is 1. The highest BCUT2D eigenvalue weighted by molar-refractivity contribution is 6.19. The number of amides is 1. The van der Waals surface area contributed by atoms with Crippen molar-refractivity contribution in [1.29, 1.82) is 0 Å². The first-order chi connectivity index (χ1) is 14.1. The normalized spacial score (nSPS) is 16.9. The van der Waals surface area contributed by atoms with Crippen molar-refractivity contribution in [3.05, 3.63) is 77.5 Å². The number of aliphatic imine (C=N–C) groups is 2. The van der Waals surface area contributed by atoms with Crippen molar-refractivity contribution < 1.29 is 15.3 Å². The first-order valence-electron chi connectivity index (χ1n) is 9.10. The average molecular weight is 391 g/mol. The Morgan fingerprint density at radius 3 is 2.69 bits per heavy atom. The van der Waals surface area contributed by atoms with Gasteiger partial charge in [-0.2, -0.15) is 0 Å². The summed E-state index contributed by atoms with van der Waals surface area (Å²) >= 11 is 0. The maximum atomic E-state index is 12.7. The quantitative estimate of drug-likeness (QED) is 0.319. The van der Waals surface area contributed by atoms with Gasteiger partial charge in [0.2, 0.25) is 6.17 Å². The molecule has 0 bridgehead atoms. The lowest BCUT2D eigenvalue weighted by molar-refractivity contribution is -0.117. The van der Waals surface area contributed by atoms with E-state index in [1.807, 2.05) is 54.6 Å². The molecule has 0 fully saturated rings. The van der Waals surface area contributed by atoms with Crippen molar-refractivity contribution in [1.82, 2.24) is 5.32 Å². The number of carbonyl (C=O) groups is 1. The van der Waals surface area contributed by atoms with Crippen LogP contribution in [0.1, 0.15) is 11.1 Å². The molecule has 0 radical (unpaired) electrons. The van der Waals surface area contributed by atoms with Gasteiger partial charge in [0, 0.05) is 23.7 Å². The van der Waals surface area contributed by atoms with E-state index >= 15 is 0 Å². The Balaban J connectivity index is 2.02. The van der Waals surface area contributed by atoms with Crippen molar-refractivity contribution in [2.75, 3.05) is 18.5 Å². The summed E-state index contributed by atoms with van der Waals surface area (Å²) in [6.45, 7) is 0.249. The zero-order chi connectivity index (χ0) is 20.6. The van der Waals surface area contributed by atoms with E-state index in [1.165, 1.54) is 12.3 Å². The van der Waals surface area contributed by atoms with Gasteiger partial charge in [-0.05, 0) is 6.07 Å². The summed E-state index contributed by atoms with van der Waals surface area (Å²) in [5, 5.41) is 20.2. The van der Waals surface area contributed by atoms with Crippen molar-refractivity contribution >= 4 is 29.4 Å². The van der Waals surface area contributed by atoms with Crippen LogP contribution in [0.25, 0.3) is 0 Å². The molecule has 0 spiro atoms. The molecular formula is C21H23N6O2+. The number of carbonyl (C=O) groups excluding carboxylic acids is 1. The Morgan fingerprint density at radius 1 is 1.24 bits per heavy atom. The maximum Gasteiger partial charge on any atom is 0.271 e. The lowest BCUT2D eigenvalue weighted by Crippen LogP contribution is -2.36. The number of benzene rings is 2. The van der Waals surface area contributed by atoms with Crippen LogP contribution in [0.4, 0.5) is 5.69 Å². The summed E-state index contributed by atoms with van der Waals surface area (Å²) in [5.41, 5.74) is 9.46. The predicted octanol–water partition coefficient (Wildman–Crippen LogP) is -0.545. The van der Waals surface area contributed by atoms with Gasteiger partial charge < -0.3 is 21.5 Å². The molecule has 148 valence electrons. The number of nitrogens with one attached hydrogen (secondary N) is 2. The molecular weight excluding hydrogens is 368 g/mol. The van der Waals surface area contributed by atoms with Gasteiger partial charge >= 0.3 is 0 Å². The SMILES string of the molecule is NC(/C=C(\C=[NH2+])NCCO)=N\C1N=C(c2ccccc2)c2ccccc2NC1=O. The number of hydrogen-bond donors (Lipinski definition) is 5. The summed E-state index contributed by atoms with van der Waals surface area (Å²) in [6, 6.07) is 17.0. The number of anilines is 1. The van der Waals surface area contributed by atoms with Crippen LogP contribution < -0.4 is 21.8 Å². The molecule has 0 aliphatic carbocycles. The minimum Gasteiger partial charge on any atom is -0.395 e. The number of nitrogens with zero attached hydrogens (tertiary/aromatic N) is 2. The van der Waals surface area contributed by atoms with Gasteiger partial charge in [-0.3, -0.25) is 10.2 Å². The van der Waals surface area contributed by atoms with Gasteiger partial charge in [0.15, 0.2) is 6.21 Å². The van der Waals surface area contributed by atoms with Crippen LogP contribution in [-0.4, -0.2) is 48.1 Å². The summed E-state index contributed by atoms with van der Waals surface area (Å²) < 4.78 is 0. The van der Waals surface area contributed by atoms with Crippen LogP contribution in [0.15, 0.2) is 76.4 Å². The van der Waals surface area contributed by atoms with E-state index in [2.05, 4.69) is 20.6 Å². The van der Waals surface area contributed by atoms with E-state index in [1.54, 1.807) is 0 Å². The third kappa shape index (κ3) is 4.94. The van der Waals surface area contributed by atoms with Crippen LogP contribution >= 0.6 is 0 Å². The topological polar surface area (TPSA) is 138 Å². The molecule has 1 unspecified atom stereocenters. The number of fused-ring (bicyclic) bond motifs is 1. The largest absolute Gasteiger partial charge is 0.395 e. The molecule has 2 aromatic carbocycles. The van der Waals surface area contributed by atoms with Gasteiger partial charge in [-0.25, -0.2) is 9.98 Å². The molecule has 0 saturated carbocycles. The highest BCUT2D eigenvalue weighted by Gasteiger charge is 2.25. The highest BCUT2D eigenvalue weighted by atomic mass is 16.3. The molecule has 1 atom stereocenters. The fraction of sp³-hybridized carbons (Fsp3) is 0.143. The summed E-state index contributed by atoms with van der Waals surface area (Å²) in [5.74, 6) is -0.310. The summed E-state index contributed by atoms with van der Waals surface area (Å²) in [4.78, 5) is 21.6. The minimum absolute atomic E-state index is 0.0593. The number of nitrogens with two attached hydrogens (primary N) is 2. The van der Waals surface area contributed by atoms with Crippen molar-refractivity contribution in [2.24, 2.45) is 15.7 Å². The van der Waals surface area contributed by atoms with E-state index in [9.17, 15) is 4.79 Å². The summed E-state index contributed by atoms with van der Waals surface area (Å²) in [7, 11) is 0. The van der Waals surface area contributed by atoms with Crippen LogP contribution in [0.5, 0.6) is 0 Å². The maximum absolute atomic E-state index is 12.7. The fourth-order valence-corrected chi connectivity index (χ4v) is 2.86. The molecule has 2 aromatic rings. The standard InChI is InChI=1S/C21H22N6O2/c22-13-15(24-10-11-28)12-18(23)26-20-21(29)25-17-9-5-4-8-16(17)19(27-20)14-6-2-1-3-7-14/h1-9,12-13,20,22,24,28H,10-11H2,(H2,23,26)(H,25,29)/p+1/b15-12+,22-13?. The predicted molar refractivity (Wildman–Crippen MR) is 114 cm³/mol. The van der Waals surface area contributed by atoms with Crippen molar-refractivity contribution in [3.63, 3.8) is 0 Å². The Morgan fingerprint density at radius 2 is 1.97 bits per heavy atom. The molecule has 3 rings (SSSR count). The molecule has 1 amide bonds. The molecule has 1 aliphatic rings. The van der Waals surface area contributed by atoms with E-state index in [4.69, 9.17) is 16.2 Å². The van der Waals surface area contributed by atoms with Crippen molar-refractivity contribution in [2.45, 2.75) is 6.17 Å². The fourth-order valence-electron chi connectivity index (χ4n) is 2.86. The van der Waals surface area contributed by atoms with Gasteiger partial charge in [-0.1, -0.05) is 48.5 Å². The number of amidine groups is 1. The van der Waals surface area contributed by atoms with E-state index in [-0.39, 0.29) is 18.3 Å². The number of benzodiazepines with no additional fused rings is 1. The third-order valence-electron chi connectivity index (χ3n) is 4.17. The molecule has 8 nitrogen and oxygen atoms in total. The number of aliphatic hydroxyl groups is 1. The lowest BCUT2D eigenvalue weighted by atomic mass is 10.0. The smallest absolute Gasteiger partial charge is 0.271 e. The number of hydrogen-bond acceptors (Lipinski definition) is 5. The zero-order valence-electron chi connectivity index (χ0n) is 15.7. The minimum atomic E-state index is -1.06. The van der Waals surface area contributed by atoms with Gasteiger partial charge in [0.1, 0.15) is 11.5 Å². The second kappa shape index (κ2) is 9.43. The second-order valence-corrected chi connectivity index (χ2v) is 6.22. The van der Waals surface area contributed by atoms with Crippen LogP contribution in [-0.2, 0) is 4.79 Å². The van der Waals surface area contributed by atoms with Gasteiger partial charge in [-0.15, -0.1) is 0 Å². The number of rotatable bonds is 7. The monoisotopic (exact) mass is 391 g/mol. The number of para-hydroxylation sites is 1. The first kappa shape index (κ1) is 20.0. The molecule has 8 heteroatoms. The van der Waals surface area contributed by atoms with Crippen LogP contribution in [0.3, 0.4) is 0 Å². The molecule has 1 aliphatic heterocycles. The lowest BCUT2D eigenvalue weighted by Gasteiger charge is -2.09. The zero-order valence-corrected chi connectivity index (χ0v) is 15.7. The first-order valence-corrected chi connectivity index (χ1v) is 9.10. The molecule has 29 heavy (non-hydrogen) atoms. The Hall–Kier alpha value is -3.78. The van der Waals surface area contributed by atoms with E-state index in [0.717, 1.165) is 11.1 Å². The molecule has 0 aromatic heterocycles. The number of aliphatic hydroxyl groups excluding tert-OH is 1. The highest BCUT2D eigenvalue weighted by Crippen LogP contribution is 2.24. The average Bonchev–Trinajstić information content (AvgIpc) is 2.88. The molecule has 7 N–H and O–H groups in total. The van der Waals surface area contributed by atoms with Gasteiger partial charge in [0.05, 0.1) is 18.0 Å². The van der Waals surface area contributed by atoms with E-state index in [0.29, 0.717) is 23.6 Å². The summed E-state index contributed by atoms with van der Waals surface area (Å²) in [6.07, 6.45) is 1.73. The van der Waals surface area contributed by atoms with Crippen molar-refractivity contribution in [3.8, 4) is 0 Å². The Kier molecular flexibility index (Phi) is 6.49. The Bertz CT molecular complexity index is 982. The van der Waals surface area contributed by atoms with Crippen LogP contribution in [0.2, 0.25) is 0 Å². The molecule has 0 saturated heterocycles. The molecule has 1 heterocycles. The van der Waals surface area contributed by atoms with E-state index < -0.39 is 6.17 Å². The van der Waals surface area contributed by atoms with Gasteiger partial charge in [0.25, 0.3) is 5.91 Å². The Labute approximate surface area is 168 Å². The van der Waals surface area contributed by atoms with Crippen LogP contribution in [0, 0.1) is 0 Å². The third-order valence-corrected chi connectivity index (χ3v) is 4.17. The second-order valence-electron chi connectivity index (χ2n) is 6.22.